The minimum atomic E-state index is 0.688. The fourth-order valence-corrected chi connectivity index (χ4v) is 3.63. The van der Waals surface area contributed by atoms with Gasteiger partial charge in [-0.25, -0.2) is 4.98 Å². The maximum absolute atomic E-state index is 5.49. The summed E-state index contributed by atoms with van der Waals surface area (Å²) in [5.74, 6) is 0. The third-order valence-electron chi connectivity index (χ3n) is 4.23. The molecule has 0 radical (unpaired) electrons. The number of furan rings is 1. The van der Waals surface area contributed by atoms with Crippen molar-refractivity contribution in [2.45, 2.75) is 6.54 Å². The van der Waals surface area contributed by atoms with E-state index >= 15 is 0 Å². The van der Waals surface area contributed by atoms with Gasteiger partial charge in [-0.1, -0.05) is 18.2 Å². The van der Waals surface area contributed by atoms with Crippen molar-refractivity contribution in [2.24, 2.45) is 0 Å². The summed E-state index contributed by atoms with van der Waals surface area (Å²) in [6, 6.07) is 14.1. The highest BCUT2D eigenvalue weighted by Gasteiger charge is 2.10. The van der Waals surface area contributed by atoms with Crippen molar-refractivity contribution in [3.8, 4) is 22.5 Å². The molecular formula is C20H14N4OS. The first kappa shape index (κ1) is 15.0. The number of hydrogen-bond acceptors (Lipinski definition) is 5. The molecule has 6 heteroatoms. The van der Waals surface area contributed by atoms with E-state index in [2.05, 4.69) is 33.3 Å². The van der Waals surface area contributed by atoms with Crippen LogP contribution in [0.4, 0.5) is 0 Å². The van der Waals surface area contributed by atoms with Gasteiger partial charge in [0.2, 0.25) is 0 Å². The molecule has 26 heavy (non-hydrogen) atoms. The summed E-state index contributed by atoms with van der Waals surface area (Å²) in [7, 11) is 0. The average Bonchev–Trinajstić information content (AvgIpc) is 3.43. The van der Waals surface area contributed by atoms with Crippen LogP contribution in [0.5, 0.6) is 0 Å². The van der Waals surface area contributed by atoms with Gasteiger partial charge in [-0.3, -0.25) is 9.67 Å². The summed E-state index contributed by atoms with van der Waals surface area (Å²) in [5, 5.41) is 8.72. The molecule has 5 rings (SSSR count). The molecule has 0 aliphatic rings. The summed E-state index contributed by atoms with van der Waals surface area (Å²) < 4.78 is 7.40. The molecule has 0 fully saturated rings. The molecule has 0 saturated heterocycles. The Bertz CT molecular complexity index is 1170. The van der Waals surface area contributed by atoms with Crippen LogP contribution >= 0.6 is 11.3 Å². The third kappa shape index (κ3) is 2.70. The molecule has 5 nitrogen and oxygen atoms in total. The van der Waals surface area contributed by atoms with E-state index in [0.29, 0.717) is 6.54 Å². The Hall–Kier alpha value is -3.25. The predicted octanol–water partition coefficient (Wildman–Crippen LogP) is 4.86. The minimum Gasteiger partial charge on any atom is -0.464 e. The normalized spacial score (nSPS) is 11.2. The quantitative estimate of drug-likeness (QED) is 0.460. The zero-order chi connectivity index (χ0) is 17.3. The zero-order valence-electron chi connectivity index (χ0n) is 13.7. The van der Waals surface area contributed by atoms with E-state index in [1.165, 1.54) is 0 Å². The third-order valence-corrected chi connectivity index (χ3v) is 5.00. The lowest BCUT2D eigenvalue weighted by molar-refractivity contribution is 0.615. The van der Waals surface area contributed by atoms with Crippen LogP contribution in [0.3, 0.4) is 0 Å². The summed E-state index contributed by atoms with van der Waals surface area (Å²) in [5.41, 5.74) is 4.79. The molecule has 4 aromatic heterocycles. The molecule has 126 valence electrons. The van der Waals surface area contributed by atoms with Crippen LogP contribution in [-0.2, 0) is 6.54 Å². The maximum atomic E-state index is 5.49. The van der Waals surface area contributed by atoms with Crippen LogP contribution in [0.1, 0.15) is 5.01 Å². The highest BCUT2D eigenvalue weighted by atomic mass is 32.1. The molecular weight excluding hydrogens is 344 g/mol. The van der Waals surface area contributed by atoms with Crippen molar-refractivity contribution in [3.05, 3.63) is 77.7 Å². The van der Waals surface area contributed by atoms with Crippen LogP contribution in [0.2, 0.25) is 0 Å². The number of rotatable bonds is 4. The van der Waals surface area contributed by atoms with Gasteiger partial charge in [0.15, 0.2) is 0 Å². The first-order valence-corrected chi connectivity index (χ1v) is 9.10. The second kappa shape index (κ2) is 6.24. The van der Waals surface area contributed by atoms with E-state index in [9.17, 15) is 0 Å². The van der Waals surface area contributed by atoms with Gasteiger partial charge in [0.1, 0.15) is 10.6 Å². The van der Waals surface area contributed by atoms with Gasteiger partial charge in [-0.05, 0) is 24.3 Å². The van der Waals surface area contributed by atoms with Crippen LogP contribution in [0.15, 0.2) is 77.1 Å². The SMILES string of the molecule is c1cc(-c2ccn(Cc3nccs3)n2)cc(-c2nccc3occc23)c1. The van der Waals surface area contributed by atoms with Gasteiger partial charge in [-0.15, -0.1) is 11.3 Å². The Kier molecular flexibility index (Phi) is 3.61. The number of fused-ring (bicyclic) bond motifs is 1. The lowest BCUT2D eigenvalue weighted by atomic mass is 10.0. The molecule has 4 heterocycles. The van der Waals surface area contributed by atoms with E-state index < -0.39 is 0 Å². The Morgan fingerprint density at radius 1 is 1.00 bits per heavy atom. The van der Waals surface area contributed by atoms with Gasteiger partial charge in [-0.2, -0.15) is 5.10 Å². The Balaban J connectivity index is 1.51. The Morgan fingerprint density at radius 2 is 1.96 bits per heavy atom. The van der Waals surface area contributed by atoms with Gasteiger partial charge in [0, 0.05) is 40.5 Å². The predicted molar refractivity (Wildman–Crippen MR) is 102 cm³/mol. The van der Waals surface area contributed by atoms with Crippen LogP contribution in [-0.4, -0.2) is 19.7 Å². The van der Waals surface area contributed by atoms with Crippen molar-refractivity contribution < 1.29 is 4.42 Å². The van der Waals surface area contributed by atoms with Gasteiger partial charge in [0.25, 0.3) is 0 Å². The first-order chi connectivity index (χ1) is 12.9. The van der Waals surface area contributed by atoms with E-state index in [-0.39, 0.29) is 0 Å². The molecule has 0 spiro atoms. The van der Waals surface area contributed by atoms with Crippen molar-refractivity contribution in [1.29, 1.82) is 0 Å². The van der Waals surface area contributed by atoms with Crippen molar-refractivity contribution in [3.63, 3.8) is 0 Å². The van der Waals surface area contributed by atoms with E-state index in [4.69, 9.17) is 4.42 Å². The summed E-state index contributed by atoms with van der Waals surface area (Å²) in [6.07, 6.45) is 7.27. The molecule has 0 atom stereocenters. The largest absolute Gasteiger partial charge is 0.464 e. The van der Waals surface area contributed by atoms with Crippen molar-refractivity contribution >= 4 is 22.3 Å². The first-order valence-electron chi connectivity index (χ1n) is 8.22. The number of thiazole rings is 1. The van der Waals surface area contributed by atoms with Crippen LogP contribution in [0, 0.1) is 0 Å². The number of benzene rings is 1. The van der Waals surface area contributed by atoms with Gasteiger partial charge in [0.05, 0.1) is 24.2 Å². The van der Waals surface area contributed by atoms with Crippen molar-refractivity contribution in [1.82, 2.24) is 19.7 Å². The smallest absolute Gasteiger partial charge is 0.137 e. The lowest BCUT2D eigenvalue weighted by Gasteiger charge is -2.04. The molecule has 1 aromatic carbocycles. The minimum absolute atomic E-state index is 0.688. The fraction of sp³-hybridized carbons (Fsp3) is 0.0500. The van der Waals surface area contributed by atoms with Gasteiger partial charge >= 0.3 is 0 Å². The lowest BCUT2D eigenvalue weighted by Crippen LogP contribution is -1.99. The summed E-state index contributed by atoms with van der Waals surface area (Å²) >= 11 is 1.64. The number of hydrogen-bond donors (Lipinski definition) is 0. The highest BCUT2D eigenvalue weighted by molar-refractivity contribution is 7.09. The van der Waals surface area contributed by atoms with Crippen LogP contribution < -0.4 is 0 Å². The second-order valence-corrected chi connectivity index (χ2v) is 6.88. The molecule has 0 bridgehead atoms. The summed E-state index contributed by atoms with van der Waals surface area (Å²) in [6.45, 7) is 0.688. The number of aromatic nitrogens is 4. The topological polar surface area (TPSA) is 56.7 Å². The van der Waals surface area contributed by atoms with Crippen LogP contribution in [0.25, 0.3) is 33.5 Å². The molecule has 0 aliphatic carbocycles. The highest BCUT2D eigenvalue weighted by Crippen LogP contribution is 2.30. The maximum Gasteiger partial charge on any atom is 0.137 e. The molecule has 0 aliphatic heterocycles. The molecule has 0 unspecified atom stereocenters. The van der Waals surface area contributed by atoms with Gasteiger partial charge < -0.3 is 4.42 Å². The number of nitrogens with zero attached hydrogens (tertiary/aromatic N) is 4. The monoisotopic (exact) mass is 358 g/mol. The van der Waals surface area contributed by atoms with Crippen molar-refractivity contribution in [2.75, 3.05) is 0 Å². The molecule has 5 aromatic rings. The Labute approximate surface area is 153 Å². The molecule has 0 amide bonds. The van der Waals surface area contributed by atoms with E-state index in [1.807, 2.05) is 46.7 Å². The van der Waals surface area contributed by atoms with E-state index in [1.54, 1.807) is 23.8 Å². The second-order valence-electron chi connectivity index (χ2n) is 5.90. The fourth-order valence-electron chi connectivity index (χ4n) is 3.02. The standard InChI is InChI=1S/C20H14N4OS/c1-2-14(17-5-9-24(23-17)13-19-21-8-11-26-19)12-15(3-1)20-16-6-10-25-18(16)4-7-22-20/h1-12H,13H2. The van der Waals surface area contributed by atoms with E-state index in [0.717, 1.165) is 38.5 Å². The molecule has 0 saturated carbocycles. The summed E-state index contributed by atoms with van der Waals surface area (Å²) in [4.78, 5) is 8.86. The zero-order valence-corrected chi connectivity index (χ0v) is 14.6. The molecule has 0 N–H and O–H groups in total. The average molecular weight is 358 g/mol. The Morgan fingerprint density at radius 3 is 2.88 bits per heavy atom. The number of pyridine rings is 1.